The van der Waals surface area contributed by atoms with Gasteiger partial charge in [0.2, 0.25) is 5.60 Å². The molecular weight excluding hydrogens is 449 g/mol. The molecule has 0 aliphatic carbocycles. The summed E-state index contributed by atoms with van der Waals surface area (Å²) in [5.41, 5.74) is -3.09. The van der Waals surface area contributed by atoms with Crippen LogP contribution in [-0.4, -0.2) is 29.3 Å². The third kappa shape index (κ3) is 4.11. The molecule has 34 heavy (non-hydrogen) atoms. The van der Waals surface area contributed by atoms with Crippen LogP contribution >= 0.6 is 0 Å². The van der Waals surface area contributed by atoms with Gasteiger partial charge in [-0.2, -0.15) is 13.2 Å². The first-order chi connectivity index (χ1) is 15.8. The number of hydrogen-bond acceptors (Lipinski definition) is 5. The van der Waals surface area contributed by atoms with Crippen molar-refractivity contribution in [3.8, 4) is 5.75 Å². The fourth-order valence-corrected chi connectivity index (χ4v) is 4.65. The Morgan fingerprint density at radius 2 is 1.85 bits per heavy atom. The van der Waals surface area contributed by atoms with Crippen LogP contribution in [0.5, 0.6) is 5.75 Å². The van der Waals surface area contributed by atoms with Crippen LogP contribution in [0.2, 0.25) is 0 Å². The molecule has 1 aliphatic rings. The summed E-state index contributed by atoms with van der Waals surface area (Å²) in [4.78, 5) is 24.9. The zero-order valence-electron chi connectivity index (χ0n) is 19.1. The molecule has 1 N–H and O–H groups in total. The van der Waals surface area contributed by atoms with Crippen molar-refractivity contribution in [1.82, 2.24) is 0 Å². The van der Waals surface area contributed by atoms with Gasteiger partial charge in [0.15, 0.2) is 5.78 Å². The maximum absolute atomic E-state index is 14.2. The number of carbonyl (C=O) groups excluding carboxylic acids is 1. The van der Waals surface area contributed by atoms with Crippen LogP contribution < -0.4 is 10.4 Å². The molecule has 0 saturated carbocycles. The fraction of sp³-hybridized carbons (Fsp3) is 0.385. The number of hydrogen-bond donors (Lipinski definition) is 1. The standard InChI is InChI=1S/C26H25F3O5/c1-15-13-34-23(31)18-8-7-16(11-19(15)18)12-21(30)25(32,26(27,28)29)14-24(2,3)20-6-4-5-17-9-10-33-22(17)20/h4-8,11,13,32H,9-10,12,14H2,1-3H3. The van der Waals surface area contributed by atoms with Gasteiger partial charge in [0.05, 0.1) is 18.3 Å². The molecule has 1 aliphatic heterocycles. The minimum absolute atomic E-state index is 0.260. The molecule has 8 heteroatoms. The Hall–Kier alpha value is -3.13. The minimum atomic E-state index is -5.19. The lowest BCUT2D eigenvalue weighted by atomic mass is 9.72. The van der Waals surface area contributed by atoms with Gasteiger partial charge >= 0.3 is 11.8 Å². The largest absolute Gasteiger partial charge is 0.493 e. The molecule has 0 radical (unpaired) electrons. The summed E-state index contributed by atoms with van der Waals surface area (Å²) in [6, 6.07) is 9.56. The van der Waals surface area contributed by atoms with Crippen molar-refractivity contribution in [2.24, 2.45) is 0 Å². The minimum Gasteiger partial charge on any atom is -0.493 e. The molecule has 5 nitrogen and oxygen atoms in total. The van der Waals surface area contributed by atoms with Crippen LogP contribution in [0, 0.1) is 6.92 Å². The lowest BCUT2D eigenvalue weighted by Crippen LogP contribution is -2.55. The third-order valence-electron chi connectivity index (χ3n) is 6.51. The number of Topliss-reactive ketones (excluding diaryl/α,β-unsaturated/α-hetero) is 1. The highest BCUT2D eigenvalue weighted by molar-refractivity contribution is 5.92. The number of benzene rings is 2. The second kappa shape index (κ2) is 8.27. The second-order valence-electron chi connectivity index (χ2n) is 9.50. The highest BCUT2D eigenvalue weighted by atomic mass is 19.4. The van der Waals surface area contributed by atoms with Gasteiger partial charge in [0.25, 0.3) is 0 Å². The normalized spacial score (nSPS) is 15.6. The van der Waals surface area contributed by atoms with Crippen molar-refractivity contribution in [3.05, 3.63) is 75.3 Å². The third-order valence-corrected chi connectivity index (χ3v) is 6.51. The summed E-state index contributed by atoms with van der Waals surface area (Å²) in [6.07, 6.45) is -4.79. The van der Waals surface area contributed by atoms with Gasteiger partial charge in [-0.25, -0.2) is 4.79 Å². The quantitative estimate of drug-likeness (QED) is 0.555. The summed E-state index contributed by atoms with van der Waals surface area (Å²) in [6.45, 7) is 5.25. The Morgan fingerprint density at radius 3 is 2.56 bits per heavy atom. The molecule has 0 spiro atoms. The van der Waals surface area contributed by atoms with Gasteiger partial charge in [0, 0.05) is 24.8 Å². The van der Waals surface area contributed by atoms with Gasteiger partial charge in [-0.1, -0.05) is 44.2 Å². The number of aryl methyl sites for hydroxylation is 1. The number of halogens is 3. The van der Waals surface area contributed by atoms with Gasteiger partial charge in [-0.3, -0.25) is 4.79 Å². The topological polar surface area (TPSA) is 76.7 Å². The predicted octanol–water partition coefficient (Wildman–Crippen LogP) is 4.81. The van der Waals surface area contributed by atoms with Crippen molar-refractivity contribution in [2.75, 3.05) is 6.61 Å². The second-order valence-corrected chi connectivity index (χ2v) is 9.50. The molecule has 2 heterocycles. The Bertz CT molecular complexity index is 1320. The summed E-state index contributed by atoms with van der Waals surface area (Å²) in [5, 5.41) is 11.6. The van der Waals surface area contributed by atoms with Gasteiger partial charge < -0.3 is 14.3 Å². The van der Waals surface area contributed by atoms with Crippen molar-refractivity contribution in [1.29, 1.82) is 0 Å². The van der Waals surface area contributed by atoms with Crippen LogP contribution in [0.1, 0.15) is 42.5 Å². The summed E-state index contributed by atoms with van der Waals surface area (Å²) < 4.78 is 53.1. The van der Waals surface area contributed by atoms with Crippen molar-refractivity contribution in [2.45, 2.75) is 57.2 Å². The molecule has 0 amide bonds. The lowest BCUT2D eigenvalue weighted by Gasteiger charge is -2.37. The van der Waals surface area contributed by atoms with E-state index in [4.69, 9.17) is 9.15 Å². The molecule has 0 fully saturated rings. The molecule has 4 rings (SSSR count). The molecular formula is C26H25F3O5. The Labute approximate surface area is 194 Å². The van der Waals surface area contributed by atoms with Crippen LogP contribution in [0.4, 0.5) is 13.2 Å². The Morgan fingerprint density at radius 1 is 1.12 bits per heavy atom. The van der Waals surface area contributed by atoms with Crippen molar-refractivity contribution in [3.63, 3.8) is 0 Å². The number of para-hydroxylation sites is 1. The van der Waals surface area contributed by atoms with Crippen molar-refractivity contribution < 1.29 is 32.2 Å². The molecule has 2 aromatic carbocycles. The van der Waals surface area contributed by atoms with E-state index in [9.17, 15) is 27.9 Å². The average molecular weight is 474 g/mol. The van der Waals surface area contributed by atoms with E-state index in [0.717, 1.165) is 5.56 Å². The fourth-order valence-electron chi connectivity index (χ4n) is 4.65. The average Bonchev–Trinajstić information content (AvgIpc) is 3.24. The smallest absolute Gasteiger partial charge is 0.424 e. The number of carbonyl (C=O) groups is 1. The first-order valence-corrected chi connectivity index (χ1v) is 10.9. The first-order valence-electron chi connectivity index (χ1n) is 10.9. The van der Waals surface area contributed by atoms with Gasteiger partial charge in [-0.05, 0) is 40.5 Å². The van der Waals surface area contributed by atoms with E-state index in [1.807, 2.05) is 6.07 Å². The van der Waals surface area contributed by atoms with Crippen molar-refractivity contribution >= 4 is 16.6 Å². The molecule has 0 saturated heterocycles. The highest BCUT2D eigenvalue weighted by Crippen LogP contribution is 2.46. The summed E-state index contributed by atoms with van der Waals surface area (Å²) in [5.74, 6) is -0.838. The molecule has 1 unspecified atom stereocenters. The SMILES string of the molecule is Cc1coc(=O)c2ccc(CC(=O)C(O)(CC(C)(C)c3cccc4c3OCC4)C(F)(F)F)cc12. The molecule has 0 bridgehead atoms. The number of rotatable bonds is 6. The van der Waals surface area contributed by atoms with Gasteiger partial charge in [0.1, 0.15) is 5.75 Å². The predicted molar refractivity (Wildman–Crippen MR) is 120 cm³/mol. The maximum Gasteiger partial charge on any atom is 0.424 e. The molecule has 3 aromatic rings. The maximum atomic E-state index is 14.2. The van der Waals surface area contributed by atoms with Crippen LogP contribution in [0.25, 0.3) is 10.8 Å². The Kier molecular flexibility index (Phi) is 5.84. The lowest BCUT2D eigenvalue weighted by molar-refractivity contribution is -0.256. The van der Waals surface area contributed by atoms with E-state index in [2.05, 4.69) is 0 Å². The molecule has 1 aromatic heterocycles. The number of fused-ring (bicyclic) bond motifs is 2. The van der Waals surface area contributed by atoms with Crippen LogP contribution in [0.3, 0.4) is 0 Å². The zero-order chi connectivity index (χ0) is 24.9. The van der Waals surface area contributed by atoms with E-state index in [-0.39, 0.29) is 10.9 Å². The number of alkyl halides is 3. The van der Waals surface area contributed by atoms with Gasteiger partial charge in [-0.15, -0.1) is 0 Å². The van der Waals surface area contributed by atoms with E-state index < -0.39 is 41.4 Å². The van der Waals surface area contributed by atoms with E-state index >= 15 is 0 Å². The van der Waals surface area contributed by atoms with Crippen LogP contribution in [-0.2, 0) is 23.1 Å². The van der Waals surface area contributed by atoms with Crippen LogP contribution in [0.15, 0.2) is 51.9 Å². The van der Waals surface area contributed by atoms with E-state index in [1.54, 1.807) is 32.9 Å². The number of aliphatic hydroxyl groups is 1. The Balaban J connectivity index is 1.68. The zero-order valence-corrected chi connectivity index (χ0v) is 19.1. The number of ether oxygens (including phenoxy) is 1. The summed E-state index contributed by atoms with van der Waals surface area (Å²) in [7, 11) is 0. The molecule has 1 atom stereocenters. The van der Waals surface area contributed by atoms with E-state index in [0.29, 0.717) is 35.3 Å². The molecule has 180 valence electrons. The first kappa shape index (κ1) is 24.0. The highest BCUT2D eigenvalue weighted by Gasteiger charge is 2.60. The number of ketones is 1. The van der Waals surface area contributed by atoms with E-state index in [1.165, 1.54) is 24.5 Å². The summed E-state index contributed by atoms with van der Waals surface area (Å²) >= 11 is 0. The monoisotopic (exact) mass is 474 g/mol.